The largest absolute Gasteiger partial charge is 0.395 e. The summed E-state index contributed by atoms with van der Waals surface area (Å²) in [6.45, 7) is 6.57. The van der Waals surface area contributed by atoms with E-state index < -0.39 is 17.7 Å². The Hall–Kier alpha value is -3.55. The third-order valence-corrected chi connectivity index (χ3v) is 9.56. The summed E-state index contributed by atoms with van der Waals surface area (Å²) in [6.07, 6.45) is 1.64. The van der Waals surface area contributed by atoms with Crippen LogP contribution in [0.5, 0.6) is 0 Å². The summed E-state index contributed by atoms with van der Waals surface area (Å²) < 4.78 is 0. The molecule has 0 saturated carbocycles. The van der Waals surface area contributed by atoms with Gasteiger partial charge in [0.15, 0.2) is 0 Å². The number of carbonyl (C=O) groups excluding carboxylic acids is 3. The molecule has 0 spiro atoms. The van der Waals surface area contributed by atoms with Crippen LogP contribution in [0.3, 0.4) is 0 Å². The summed E-state index contributed by atoms with van der Waals surface area (Å²) >= 11 is 3.21. The van der Waals surface area contributed by atoms with Crippen molar-refractivity contribution in [3.8, 4) is 11.1 Å². The molecule has 1 heterocycles. The molecule has 3 aromatic carbocycles. The van der Waals surface area contributed by atoms with Crippen LogP contribution in [-0.2, 0) is 22.7 Å². The van der Waals surface area contributed by atoms with E-state index in [1.54, 1.807) is 35.3 Å². The van der Waals surface area contributed by atoms with Gasteiger partial charge in [0.05, 0.1) is 24.9 Å². The van der Waals surface area contributed by atoms with Crippen molar-refractivity contribution in [1.29, 1.82) is 0 Å². The third kappa shape index (κ3) is 10.5. The van der Waals surface area contributed by atoms with E-state index >= 15 is 0 Å². The second-order valence-corrected chi connectivity index (χ2v) is 14.1. The zero-order chi connectivity index (χ0) is 34.0. The second kappa shape index (κ2) is 17.0. The zero-order valence-electron chi connectivity index (χ0n) is 27.3. The highest BCUT2D eigenvalue weighted by Crippen LogP contribution is 2.38. The molecule has 0 unspecified atom stereocenters. The van der Waals surface area contributed by atoms with Gasteiger partial charge in [-0.05, 0) is 67.5 Å². The van der Waals surface area contributed by atoms with Gasteiger partial charge in [0.1, 0.15) is 6.04 Å². The Kier molecular flexibility index (Phi) is 13.1. The molecule has 0 saturated heterocycles. The maximum Gasteiger partial charge on any atom is 0.315 e. The number of thioether (sulfide) groups is 2. The number of aliphatic hydroxyl groups is 2. The minimum Gasteiger partial charge on any atom is -0.395 e. The minimum atomic E-state index is -0.710. The van der Waals surface area contributed by atoms with Gasteiger partial charge in [0.25, 0.3) is 5.91 Å². The first-order valence-electron chi connectivity index (χ1n) is 15.6. The smallest absolute Gasteiger partial charge is 0.315 e. The predicted molar refractivity (Wildman–Crippen MR) is 190 cm³/mol. The van der Waals surface area contributed by atoms with Gasteiger partial charge in [-0.25, -0.2) is 4.79 Å². The first kappa shape index (κ1) is 36.3. The van der Waals surface area contributed by atoms with Crippen molar-refractivity contribution in [2.24, 2.45) is 0 Å². The van der Waals surface area contributed by atoms with Crippen molar-refractivity contribution in [1.82, 2.24) is 21.3 Å². The van der Waals surface area contributed by atoms with Gasteiger partial charge in [-0.2, -0.15) is 0 Å². The van der Waals surface area contributed by atoms with E-state index in [1.807, 2.05) is 80.8 Å². The van der Waals surface area contributed by atoms with Crippen LogP contribution in [0.4, 0.5) is 10.5 Å². The van der Waals surface area contributed by atoms with Crippen LogP contribution in [-0.4, -0.2) is 77.4 Å². The van der Waals surface area contributed by atoms with E-state index in [-0.39, 0.29) is 37.4 Å². The Morgan fingerprint density at radius 2 is 1.83 bits per heavy atom. The van der Waals surface area contributed by atoms with E-state index in [0.717, 1.165) is 37.7 Å². The van der Waals surface area contributed by atoms with Crippen molar-refractivity contribution in [2.75, 3.05) is 36.6 Å². The molecule has 47 heavy (non-hydrogen) atoms. The standard InChI is InChI=1S/C35H45N5O5S2/c1-23(42)19-38-35(2,3)18-32(43)39-29-22-47-31-17-27(46-4)13-14-30(31)40(33(29)44)21-24-9-11-25(12-10-24)28-8-6-5-7-26(28)20-37-34(45)36-15-16-41/h5-14,17,23,29,38,41-42H,15-16,18-22H2,1-4H3,(H,39,43)(H2,36,37,45)/t23-,29-/m1/s1. The number of β-amino-alcohol motifs (C(OH)–C–C–N with tert-alkyl or cyclic N) is 1. The average molecular weight is 680 g/mol. The van der Waals surface area contributed by atoms with Gasteiger partial charge >= 0.3 is 6.03 Å². The summed E-state index contributed by atoms with van der Waals surface area (Å²) in [7, 11) is 0. The fourth-order valence-corrected chi connectivity index (χ4v) is 6.87. The van der Waals surface area contributed by atoms with E-state index in [0.29, 0.717) is 25.4 Å². The third-order valence-electron chi connectivity index (χ3n) is 7.70. The Morgan fingerprint density at radius 3 is 2.53 bits per heavy atom. The molecule has 252 valence electrons. The molecule has 2 atom stereocenters. The van der Waals surface area contributed by atoms with Gasteiger partial charge in [-0.3, -0.25) is 9.59 Å². The highest BCUT2D eigenvalue weighted by atomic mass is 32.2. The van der Waals surface area contributed by atoms with Gasteiger partial charge < -0.3 is 36.4 Å². The molecule has 1 aliphatic heterocycles. The minimum absolute atomic E-state index is 0.125. The first-order chi connectivity index (χ1) is 22.5. The maximum atomic E-state index is 14.1. The lowest BCUT2D eigenvalue weighted by molar-refractivity contribution is -0.127. The number of hydrogen-bond acceptors (Lipinski definition) is 8. The van der Waals surface area contributed by atoms with E-state index in [9.17, 15) is 19.5 Å². The van der Waals surface area contributed by atoms with Crippen molar-refractivity contribution in [2.45, 2.75) is 67.8 Å². The normalized spacial score (nSPS) is 15.4. The van der Waals surface area contributed by atoms with Gasteiger partial charge in [0, 0.05) is 47.1 Å². The van der Waals surface area contributed by atoms with Crippen LogP contribution >= 0.6 is 23.5 Å². The molecule has 4 rings (SSSR count). The maximum absolute atomic E-state index is 14.1. The van der Waals surface area contributed by atoms with Crippen LogP contribution in [0.1, 0.15) is 38.3 Å². The Morgan fingerprint density at radius 1 is 1.09 bits per heavy atom. The number of hydrogen-bond donors (Lipinski definition) is 6. The molecule has 0 fully saturated rings. The summed E-state index contributed by atoms with van der Waals surface area (Å²) in [6, 6.07) is 20.9. The summed E-state index contributed by atoms with van der Waals surface area (Å²) in [4.78, 5) is 43.1. The monoisotopic (exact) mass is 679 g/mol. The first-order valence-corrected chi connectivity index (χ1v) is 17.8. The predicted octanol–water partition coefficient (Wildman–Crippen LogP) is 4.13. The second-order valence-electron chi connectivity index (χ2n) is 12.2. The lowest BCUT2D eigenvalue weighted by Crippen LogP contribution is -2.52. The van der Waals surface area contributed by atoms with E-state index in [4.69, 9.17) is 5.11 Å². The van der Waals surface area contributed by atoms with Crippen LogP contribution in [0, 0.1) is 0 Å². The van der Waals surface area contributed by atoms with Crippen LogP contribution in [0.2, 0.25) is 0 Å². The summed E-state index contributed by atoms with van der Waals surface area (Å²) in [5.74, 6) is 0.0113. The van der Waals surface area contributed by atoms with E-state index in [1.165, 1.54) is 0 Å². The fraction of sp³-hybridized carbons (Fsp3) is 0.400. The molecule has 1 aliphatic rings. The molecule has 4 amide bonds. The molecule has 0 aromatic heterocycles. The lowest BCUT2D eigenvalue weighted by Gasteiger charge is -2.29. The molecular formula is C35H45N5O5S2. The van der Waals surface area contributed by atoms with Crippen molar-refractivity contribution in [3.63, 3.8) is 0 Å². The number of aliphatic hydroxyl groups excluding tert-OH is 2. The fourth-order valence-electron chi connectivity index (χ4n) is 5.25. The van der Waals surface area contributed by atoms with Crippen LogP contribution < -0.4 is 26.2 Å². The number of amides is 4. The number of fused-ring (bicyclic) bond motifs is 1. The van der Waals surface area contributed by atoms with Gasteiger partial charge in [0.2, 0.25) is 5.91 Å². The average Bonchev–Trinajstić information content (AvgIpc) is 3.17. The van der Waals surface area contributed by atoms with Crippen LogP contribution in [0.15, 0.2) is 76.5 Å². The molecule has 10 nitrogen and oxygen atoms in total. The van der Waals surface area contributed by atoms with Crippen LogP contribution in [0.25, 0.3) is 11.1 Å². The van der Waals surface area contributed by atoms with Gasteiger partial charge in [-0.15, -0.1) is 23.5 Å². The Bertz CT molecular complexity index is 1530. The summed E-state index contributed by atoms with van der Waals surface area (Å²) in [5.41, 5.74) is 4.09. The molecule has 0 radical (unpaired) electrons. The molecular weight excluding hydrogens is 635 g/mol. The van der Waals surface area contributed by atoms with Crippen molar-refractivity contribution < 1.29 is 24.6 Å². The molecule has 12 heteroatoms. The zero-order valence-corrected chi connectivity index (χ0v) is 29.0. The number of anilines is 1. The highest BCUT2D eigenvalue weighted by Gasteiger charge is 2.33. The van der Waals surface area contributed by atoms with Crippen molar-refractivity contribution in [3.05, 3.63) is 77.9 Å². The Balaban J connectivity index is 1.53. The van der Waals surface area contributed by atoms with Crippen molar-refractivity contribution >= 4 is 47.1 Å². The quantitative estimate of drug-likeness (QED) is 0.140. The highest BCUT2D eigenvalue weighted by molar-refractivity contribution is 8.00. The molecule has 0 aliphatic carbocycles. The van der Waals surface area contributed by atoms with E-state index in [2.05, 4.69) is 27.3 Å². The molecule has 0 bridgehead atoms. The number of urea groups is 1. The number of rotatable bonds is 14. The topological polar surface area (TPSA) is 143 Å². The SMILES string of the molecule is CSc1ccc2c(c1)SC[C@@H](NC(=O)CC(C)(C)NC[C@@H](C)O)C(=O)N2Cc1ccc(-c2ccccc2CNC(=O)NCCO)cc1. The van der Waals surface area contributed by atoms with Gasteiger partial charge in [-0.1, -0.05) is 48.5 Å². The summed E-state index contributed by atoms with van der Waals surface area (Å²) in [5, 5.41) is 30.2. The number of benzene rings is 3. The Labute approximate surface area is 285 Å². The number of nitrogens with zero attached hydrogens (tertiary/aromatic N) is 1. The molecule has 3 aromatic rings. The molecule has 6 N–H and O–H groups in total. The number of nitrogens with one attached hydrogen (secondary N) is 4. The number of carbonyl (C=O) groups is 3. The lowest BCUT2D eigenvalue weighted by atomic mass is 9.98.